The van der Waals surface area contributed by atoms with E-state index in [1.807, 2.05) is 24.3 Å². The van der Waals surface area contributed by atoms with Crippen molar-refractivity contribution >= 4 is 28.5 Å². The number of rotatable bonds is 2. The van der Waals surface area contributed by atoms with Crippen LogP contribution in [0.15, 0.2) is 24.3 Å². The standard InChI is InChI=1S/C15H20INO/c1-15(2)8-4-7-13(10-15)17-14(18)11-5-3-6-12(16)9-11/h3,5-6,9,13H,4,7-8,10H2,1-2H3,(H,17,18). The van der Waals surface area contributed by atoms with E-state index in [4.69, 9.17) is 0 Å². The van der Waals surface area contributed by atoms with E-state index in [0.717, 1.165) is 22.0 Å². The lowest BCUT2D eigenvalue weighted by molar-refractivity contribution is 0.0902. The van der Waals surface area contributed by atoms with Crippen LogP contribution in [0.5, 0.6) is 0 Å². The van der Waals surface area contributed by atoms with Crippen LogP contribution >= 0.6 is 22.6 Å². The third-order valence-corrected chi connectivity index (χ3v) is 4.30. The highest BCUT2D eigenvalue weighted by Crippen LogP contribution is 2.35. The molecule has 0 aromatic heterocycles. The Labute approximate surface area is 123 Å². The summed E-state index contributed by atoms with van der Waals surface area (Å²) in [7, 11) is 0. The molecule has 3 heteroatoms. The maximum absolute atomic E-state index is 12.2. The van der Waals surface area contributed by atoms with Gasteiger partial charge in [-0.25, -0.2) is 0 Å². The Hall–Kier alpha value is -0.580. The molecule has 1 unspecified atom stereocenters. The van der Waals surface area contributed by atoms with Gasteiger partial charge in [0.15, 0.2) is 0 Å². The van der Waals surface area contributed by atoms with Gasteiger partial charge in [-0.05, 0) is 65.5 Å². The number of carbonyl (C=O) groups excluding carboxylic acids is 1. The van der Waals surface area contributed by atoms with E-state index in [1.54, 1.807) is 0 Å². The molecule has 0 radical (unpaired) electrons. The third-order valence-electron chi connectivity index (χ3n) is 3.63. The summed E-state index contributed by atoms with van der Waals surface area (Å²) >= 11 is 2.24. The van der Waals surface area contributed by atoms with Crippen LogP contribution in [0, 0.1) is 8.99 Å². The summed E-state index contributed by atoms with van der Waals surface area (Å²) in [5.41, 5.74) is 1.13. The van der Waals surface area contributed by atoms with Gasteiger partial charge in [-0.1, -0.05) is 26.3 Å². The molecule has 0 saturated heterocycles. The molecule has 1 amide bonds. The van der Waals surface area contributed by atoms with Crippen LogP contribution in [0.3, 0.4) is 0 Å². The van der Waals surface area contributed by atoms with Crippen molar-refractivity contribution in [3.05, 3.63) is 33.4 Å². The third kappa shape index (κ3) is 3.70. The van der Waals surface area contributed by atoms with Crippen molar-refractivity contribution in [3.63, 3.8) is 0 Å². The first-order valence-electron chi connectivity index (χ1n) is 6.53. The van der Waals surface area contributed by atoms with Gasteiger partial charge in [0, 0.05) is 15.2 Å². The molecule has 18 heavy (non-hydrogen) atoms. The van der Waals surface area contributed by atoms with Crippen LogP contribution < -0.4 is 5.32 Å². The van der Waals surface area contributed by atoms with E-state index >= 15 is 0 Å². The summed E-state index contributed by atoms with van der Waals surface area (Å²) in [6.45, 7) is 4.58. The van der Waals surface area contributed by atoms with Crippen LogP contribution in [0.4, 0.5) is 0 Å². The van der Waals surface area contributed by atoms with Crippen molar-refractivity contribution in [1.29, 1.82) is 0 Å². The summed E-state index contributed by atoms with van der Waals surface area (Å²) in [6.07, 6.45) is 4.68. The predicted octanol–water partition coefficient (Wildman–Crippen LogP) is 3.99. The van der Waals surface area contributed by atoms with Crippen LogP contribution in [0.2, 0.25) is 0 Å². The number of benzene rings is 1. The van der Waals surface area contributed by atoms with Gasteiger partial charge in [0.2, 0.25) is 0 Å². The molecular weight excluding hydrogens is 337 g/mol. The summed E-state index contributed by atoms with van der Waals surface area (Å²) in [4.78, 5) is 12.2. The maximum Gasteiger partial charge on any atom is 0.251 e. The zero-order valence-corrected chi connectivity index (χ0v) is 13.2. The first-order chi connectivity index (χ1) is 8.46. The molecular formula is C15H20INO. The minimum Gasteiger partial charge on any atom is -0.349 e. The molecule has 0 bridgehead atoms. The van der Waals surface area contributed by atoms with Gasteiger partial charge in [-0.2, -0.15) is 0 Å². The maximum atomic E-state index is 12.2. The van der Waals surface area contributed by atoms with E-state index in [1.165, 1.54) is 12.8 Å². The van der Waals surface area contributed by atoms with Crippen LogP contribution in [0.25, 0.3) is 0 Å². The Balaban J connectivity index is 1.99. The Morgan fingerprint density at radius 2 is 2.22 bits per heavy atom. The molecule has 1 N–H and O–H groups in total. The molecule has 98 valence electrons. The summed E-state index contributed by atoms with van der Waals surface area (Å²) < 4.78 is 1.10. The summed E-state index contributed by atoms with van der Waals surface area (Å²) in [6, 6.07) is 8.08. The highest BCUT2D eigenvalue weighted by molar-refractivity contribution is 14.1. The fourth-order valence-corrected chi connectivity index (χ4v) is 3.26. The second-order valence-corrected chi connectivity index (χ2v) is 7.19. The van der Waals surface area contributed by atoms with Gasteiger partial charge in [0.25, 0.3) is 5.91 Å². The van der Waals surface area contributed by atoms with Crippen molar-refractivity contribution < 1.29 is 4.79 Å². The Morgan fingerprint density at radius 3 is 2.89 bits per heavy atom. The zero-order chi connectivity index (χ0) is 13.2. The lowest BCUT2D eigenvalue weighted by Crippen LogP contribution is -2.40. The summed E-state index contributed by atoms with van der Waals surface area (Å²) in [5, 5.41) is 3.18. The van der Waals surface area contributed by atoms with Crippen molar-refractivity contribution in [2.24, 2.45) is 5.41 Å². The topological polar surface area (TPSA) is 29.1 Å². The average molecular weight is 357 g/mol. The highest BCUT2D eigenvalue weighted by Gasteiger charge is 2.28. The average Bonchev–Trinajstić information content (AvgIpc) is 2.27. The van der Waals surface area contributed by atoms with Crippen molar-refractivity contribution in [2.75, 3.05) is 0 Å². The summed E-state index contributed by atoms with van der Waals surface area (Å²) in [5.74, 6) is 0.0659. The smallest absolute Gasteiger partial charge is 0.251 e. The SMILES string of the molecule is CC1(C)CCCC(NC(=O)c2cccc(I)c2)C1. The number of halogens is 1. The molecule has 2 nitrogen and oxygen atoms in total. The molecule has 1 saturated carbocycles. The van der Waals surface area contributed by atoms with E-state index < -0.39 is 0 Å². The molecule has 1 atom stereocenters. The largest absolute Gasteiger partial charge is 0.349 e. The van der Waals surface area contributed by atoms with Gasteiger partial charge < -0.3 is 5.32 Å². The second-order valence-electron chi connectivity index (χ2n) is 5.94. The lowest BCUT2D eigenvalue weighted by Gasteiger charge is -2.35. The Kier molecular flexibility index (Phi) is 4.30. The second kappa shape index (κ2) is 5.59. The number of carbonyl (C=O) groups is 1. The molecule has 1 aliphatic rings. The molecule has 1 fully saturated rings. The predicted molar refractivity (Wildman–Crippen MR) is 82.7 cm³/mol. The van der Waals surface area contributed by atoms with Gasteiger partial charge in [0.05, 0.1) is 0 Å². The lowest BCUT2D eigenvalue weighted by atomic mass is 9.75. The van der Waals surface area contributed by atoms with Crippen molar-refractivity contribution in [3.8, 4) is 0 Å². The molecule has 1 aromatic carbocycles. The monoisotopic (exact) mass is 357 g/mol. The zero-order valence-electron chi connectivity index (χ0n) is 11.0. The van der Waals surface area contributed by atoms with Crippen molar-refractivity contribution in [1.82, 2.24) is 5.32 Å². The van der Waals surface area contributed by atoms with Crippen molar-refractivity contribution in [2.45, 2.75) is 45.6 Å². The Bertz CT molecular complexity index is 442. The van der Waals surface area contributed by atoms with E-state index in [0.29, 0.717) is 11.5 Å². The van der Waals surface area contributed by atoms with Crippen LogP contribution in [-0.4, -0.2) is 11.9 Å². The molecule has 2 rings (SSSR count). The van der Waals surface area contributed by atoms with Gasteiger partial charge >= 0.3 is 0 Å². The Morgan fingerprint density at radius 1 is 1.44 bits per heavy atom. The number of amides is 1. The fourth-order valence-electron chi connectivity index (χ4n) is 2.72. The van der Waals surface area contributed by atoms with Crippen LogP contribution in [-0.2, 0) is 0 Å². The molecule has 1 aromatic rings. The van der Waals surface area contributed by atoms with Gasteiger partial charge in [0.1, 0.15) is 0 Å². The minimum atomic E-state index is 0.0659. The first-order valence-corrected chi connectivity index (χ1v) is 7.61. The van der Waals surface area contributed by atoms with E-state index in [-0.39, 0.29) is 5.91 Å². The number of hydrogen-bond acceptors (Lipinski definition) is 1. The van der Waals surface area contributed by atoms with Gasteiger partial charge in [-0.15, -0.1) is 0 Å². The van der Waals surface area contributed by atoms with E-state index in [9.17, 15) is 4.79 Å². The molecule has 0 spiro atoms. The first kappa shape index (κ1) is 13.8. The fraction of sp³-hybridized carbons (Fsp3) is 0.533. The highest BCUT2D eigenvalue weighted by atomic mass is 127. The van der Waals surface area contributed by atoms with Gasteiger partial charge in [-0.3, -0.25) is 4.79 Å². The van der Waals surface area contributed by atoms with E-state index in [2.05, 4.69) is 41.8 Å². The molecule has 0 heterocycles. The normalized spacial score (nSPS) is 22.5. The number of nitrogens with one attached hydrogen (secondary N) is 1. The quantitative estimate of drug-likeness (QED) is 0.797. The molecule has 1 aliphatic carbocycles. The van der Waals surface area contributed by atoms with Crippen LogP contribution in [0.1, 0.15) is 49.9 Å². The number of hydrogen-bond donors (Lipinski definition) is 1. The molecule has 0 aliphatic heterocycles. The minimum absolute atomic E-state index is 0.0659.